The second-order valence-electron chi connectivity index (χ2n) is 10.7. The number of esters is 1. The van der Waals surface area contributed by atoms with Gasteiger partial charge in [0.15, 0.2) is 11.3 Å². The van der Waals surface area contributed by atoms with Crippen LogP contribution in [-0.2, 0) is 43.7 Å². The maximum atomic E-state index is 13.4. The number of hydrogen-bond acceptors (Lipinski definition) is 9. The predicted octanol–water partition coefficient (Wildman–Crippen LogP) is 1.59. The number of ether oxygens (including phenoxy) is 1. The first kappa shape index (κ1) is 34.4. The highest BCUT2D eigenvalue weighted by molar-refractivity contribution is 7.90. The smallest absolute Gasteiger partial charge is 0.464 e. The molecular weight excluding hydrogens is 590 g/mol. The number of likely N-dealkylation sites (N-methyl/N-ethyl adjacent to an activating group) is 1. The van der Waals surface area contributed by atoms with Crippen LogP contribution >= 0.6 is 0 Å². The lowest BCUT2D eigenvalue weighted by atomic mass is 9.82. The summed E-state index contributed by atoms with van der Waals surface area (Å²) in [7, 11) is -2.07. The molecule has 2 aromatic carbocycles. The van der Waals surface area contributed by atoms with Gasteiger partial charge in [-0.25, -0.2) is 9.59 Å². The number of benzene rings is 2. The van der Waals surface area contributed by atoms with E-state index in [1.54, 1.807) is 50.3 Å². The highest BCUT2D eigenvalue weighted by Crippen LogP contribution is 2.25. The molecule has 0 fully saturated rings. The van der Waals surface area contributed by atoms with Crippen molar-refractivity contribution in [2.75, 3.05) is 26.7 Å². The Morgan fingerprint density at radius 2 is 1.84 bits per heavy atom. The van der Waals surface area contributed by atoms with Crippen LogP contribution in [0.5, 0.6) is 0 Å². The molecule has 2 aliphatic rings. The number of rotatable bonds is 9. The summed E-state index contributed by atoms with van der Waals surface area (Å²) in [5.74, 6) is -1.28. The fraction of sp³-hybridized carbons (Fsp3) is 0.400. The van der Waals surface area contributed by atoms with Crippen molar-refractivity contribution in [2.24, 2.45) is 15.9 Å². The minimum absolute atomic E-state index is 0.0872. The van der Waals surface area contributed by atoms with Crippen LogP contribution in [-0.4, -0.2) is 85.6 Å². The van der Waals surface area contributed by atoms with Gasteiger partial charge in [0.2, 0.25) is 0 Å². The van der Waals surface area contributed by atoms with Gasteiger partial charge in [-0.3, -0.25) is 10.1 Å². The molecule has 0 aromatic heterocycles. The van der Waals surface area contributed by atoms with Gasteiger partial charge in [-0.15, -0.1) is 4.40 Å². The number of aryl methyl sites for hydroxylation is 1. The van der Waals surface area contributed by atoms with Crippen molar-refractivity contribution in [1.82, 2.24) is 10.2 Å². The van der Waals surface area contributed by atoms with Crippen molar-refractivity contribution in [3.8, 4) is 0 Å². The first-order valence-electron chi connectivity index (χ1n) is 14.0. The molecule has 14 heteroatoms. The van der Waals surface area contributed by atoms with Crippen LogP contribution in [0.2, 0.25) is 0 Å². The fourth-order valence-electron chi connectivity index (χ4n) is 5.15. The summed E-state index contributed by atoms with van der Waals surface area (Å²) in [6.07, 6.45) is 2.88. The zero-order valence-corrected chi connectivity index (χ0v) is 25.8. The van der Waals surface area contributed by atoms with Crippen molar-refractivity contribution in [3.63, 3.8) is 0 Å². The number of sulfonamides is 1. The second-order valence-corrected chi connectivity index (χ2v) is 12.3. The predicted molar refractivity (Wildman–Crippen MR) is 164 cm³/mol. The normalized spacial score (nSPS) is 19.2. The monoisotopic (exact) mass is 629 g/mol. The Bertz CT molecular complexity index is 1570. The van der Waals surface area contributed by atoms with E-state index in [1.165, 1.54) is 0 Å². The van der Waals surface area contributed by atoms with Crippen molar-refractivity contribution in [3.05, 3.63) is 76.4 Å². The summed E-state index contributed by atoms with van der Waals surface area (Å²) in [4.78, 5) is 37.0. The summed E-state index contributed by atoms with van der Waals surface area (Å²) in [6, 6.07) is 9.30. The summed E-state index contributed by atoms with van der Waals surface area (Å²) < 4.78 is 35.5. The van der Waals surface area contributed by atoms with Crippen LogP contribution in [0.25, 0.3) is 0 Å². The number of nitrogens with zero attached hydrogens (tertiary/aromatic N) is 2. The topological polar surface area (TPSA) is 215 Å². The van der Waals surface area contributed by atoms with E-state index in [0.29, 0.717) is 29.8 Å². The molecule has 4 rings (SSSR count). The number of carbonyl (C=O) groups excluding carboxylic acids is 2. The molecule has 44 heavy (non-hydrogen) atoms. The van der Waals surface area contributed by atoms with Gasteiger partial charge >= 0.3 is 12.1 Å². The van der Waals surface area contributed by atoms with Crippen LogP contribution in [0, 0.1) is 6.92 Å². The summed E-state index contributed by atoms with van der Waals surface area (Å²) in [5.41, 5.74) is 14.9. The highest BCUT2D eigenvalue weighted by Gasteiger charge is 2.48. The van der Waals surface area contributed by atoms with Gasteiger partial charge in [0.25, 0.3) is 10.0 Å². The number of amidine groups is 1. The first-order valence-corrected chi connectivity index (χ1v) is 15.4. The van der Waals surface area contributed by atoms with E-state index < -0.39 is 39.5 Å². The quantitative estimate of drug-likeness (QED) is 0.0879. The molecule has 238 valence electrons. The number of nitrogens with one attached hydrogen (secondary N) is 1. The Morgan fingerprint density at radius 1 is 1.14 bits per heavy atom. The fourth-order valence-corrected chi connectivity index (χ4v) is 6.14. The molecule has 0 saturated carbocycles. The number of hydrogen-bond donors (Lipinski definition) is 5. The summed E-state index contributed by atoms with van der Waals surface area (Å²) >= 11 is 0. The molecule has 0 amide bonds. The van der Waals surface area contributed by atoms with E-state index in [2.05, 4.69) is 14.6 Å². The van der Waals surface area contributed by atoms with Crippen molar-refractivity contribution in [2.45, 2.75) is 56.1 Å². The minimum Gasteiger partial charge on any atom is -0.464 e. The Labute approximate surface area is 256 Å². The molecule has 0 saturated heterocycles. The summed E-state index contributed by atoms with van der Waals surface area (Å²) in [6.45, 7) is 5.54. The Balaban J connectivity index is 0.00000124. The first-order chi connectivity index (χ1) is 20.7. The standard InChI is InChI=1S/C29H37N5O5S.CH2O3/c1-4-39-28(36)29(12-5-6-13-32-29)26(35)25(30)16-20-8-7-19(2)24(15-20)27(31)33-40(37,38)23-10-9-21-11-14-34(3)18-22(21)17-23;2-1(3)4/h5-10,15,17,25,32H,4,11-14,16,18,30H2,1-3H3,(H2,31,33);(H2,2,3,4)/t25?,29-;/m0./s1. The highest BCUT2D eigenvalue weighted by atomic mass is 32.2. The Morgan fingerprint density at radius 3 is 2.48 bits per heavy atom. The lowest BCUT2D eigenvalue weighted by Crippen LogP contribution is -2.64. The number of ketones is 1. The van der Waals surface area contributed by atoms with Crippen molar-refractivity contribution < 1.29 is 37.8 Å². The number of carbonyl (C=O) groups is 3. The van der Waals surface area contributed by atoms with Gasteiger partial charge in [0, 0.05) is 31.6 Å². The molecule has 1 unspecified atom stereocenters. The number of Topliss-reactive ketones (excluding diaryl/α,β-unsaturated/α-hetero) is 1. The molecule has 2 heterocycles. The van der Waals surface area contributed by atoms with Gasteiger partial charge in [0.05, 0.1) is 17.5 Å². The van der Waals surface area contributed by atoms with Crippen LogP contribution in [0.4, 0.5) is 4.79 Å². The molecule has 0 aliphatic carbocycles. The van der Waals surface area contributed by atoms with Crippen LogP contribution < -0.4 is 16.8 Å². The van der Waals surface area contributed by atoms with E-state index in [4.69, 9.17) is 31.2 Å². The lowest BCUT2D eigenvalue weighted by Gasteiger charge is -2.34. The van der Waals surface area contributed by atoms with Gasteiger partial charge in [-0.2, -0.15) is 8.42 Å². The molecule has 0 radical (unpaired) electrons. The Hall–Kier alpha value is -4.11. The van der Waals surface area contributed by atoms with E-state index in [0.717, 1.165) is 24.1 Å². The summed E-state index contributed by atoms with van der Waals surface area (Å²) in [5, 5.41) is 16.9. The number of nitrogens with two attached hydrogens (primary N) is 2. The van der Waals surface area contributed by atoms with Crippen LogP contribution in [0.1, 0.15) is 41.2 Å². The molecule has 13 nitrogen and oxygen atoms in total. The molecule has 2 aliphatic heterocycles. The molecule has 2 atom stereocenters. The Kier molecular flexibility index (Phi) is 11.4. The van der Waals surface area contributed by atoms with E-state index >= 15 is 0 Å². The van der Waals surface area contributed by atoms with Crippen LogP contribution in [0.3, 0.4) is 0 Å². The molecule has 0 spiro atoms. The largest absolute Gasteiger partial charge is 0.503 e. The number of carboxylic acid groups (broad SMARTS) is 2. The maximum absolute atomic E-state index is 13.4. The average Bonchev–Trinajstić information content (AvgIpc) is 2.97. The molecular formula is C30H39N5O8S. The van der Waals surface area contributed by atoms with Gasteiger partial charge in [-0.05, 0) is 74.2 Å². The third kappa shape index (κ3) is 8.29. The average molecular weight is 630 g/mol. The SMILES string of the molecule is CCOC(=O)[C@@]1(C(=O)C(N)Cc2ccc(C)c(C(N)=NS(=O)(=O)c3ccc4c(c3)CN(C)CC4)c2)CC=CCN1.O=C(O)O. The van der Waals surface area contributed by atoms with Gasteiger partial charge in [0.1, 0.15) is 5.84 Å². The number of fused-ring (bicyclic) bond motifs is 1. The molecule has 2 aromatic rings. The minimum atomic E-state index is -4.06. The third-order valence-corrected chi connectivity index (χ3v) is 8.71. The van der Waals surface area contributed by atoms with Crippen molar-refractivity contribution in [1.29, 1.82) is 0 Å². The zero-order chi connectivity index (χ0) is 32.7. The van der Waals surface area contributed by atoms with E-state index in [1.807, 2.05) is 19.2 Å². The zero-order valence-electron chi connectivity index (χ0n) is 24.9. The van der Waals surface area contributed by atoms with Gasteiger partial charge in [-0.1, -0.05) is 30.4 Å². The molecule has 7 N–H and O–H groups in total. The maximum Gasteiger partial charge on any atom is 0.503 e. The van der Waals surface area contributed by atoms with Gasteiger partial charge < -0.3 is 31.3 Å². The van der Waals surface area contributed by atoms with Crippen molar-refractivity contribution >= 4 is 33.8 Å². The van der Waals surface area contributed by atoms with E-state index in [9.17, 15) is 18.0 Å². The lowest BCUT2D eigenvalue weighted by molar-refractivity contribution is -0.155. The van der Waals surface area contributed by atoms with E-state index in [-0.39, 0.29) is 30.2 Å². The second kappa shape index (κ2) is 14.6. The third-order valence-electron chi connectivity index (χ3n) is 7.42. The van der Waals surface area contributed by atoms with Crippen LogP contribution in [0.15, 0.2) is 57.8 Å². The molecule has 0 bridgehead atoms.